The maximum Gasteiger partial charge on any atom is 0.333 e. The Balaban J connectivity index is 4.00. The molecule has 0 aromatic heterocycles. The third kappa shape index (κ3) is 4.13. The van der Waals surface area contributed by atoms with Crippen molar-refractivity contribution in [2.45, 2.75) is 13.3 Å². The van der Waals surface area contributed by atoms with E-state index < -0.39 is 11.9 Å². The topological polar surface area (TPSA) is 63.6 Å². The quantitative estimate of drug-likeness (QED) is 0.482. The van der Waals surface area contributed by atoms with Gasteiger partial charge in [0.1, 0.15) is 0 Å². The van der Waals surface area contributed by atoms with E-state index in [1.165, 1.54) is 20.1 Å². The van der Waals surface area contributed by atoms with E-state index in [1.54, 1.807) is 0 Å². The van der Waals surface area contributed by atoms with E-state index in [-0.39, 0.29) is 6.42 Å². The highest BCUT2D eigenvalue weighted by Gasteiger charge is 2.02. The van der Waals surface area contributed by atoms with E-state index in [1.807, 2.05) is 0 Å². The molecule has 0 atom stereocenters. The molecule has 0 aliphatic rings. The lowest BCUT2D eigenvalue weighted by molar-refractivity contribution is -0.136. The predicted octanol–water partition coefficient (Wildman–Crippen LogP) is 0.580. The molecule has 4 heteroatoms. The summed E-state index contributed by atoms with van der Waals surface area (Å²) in [6.07, 6.45) is 1.16. The van der Waals surface area contributed by atoms with Gasteiger partial charge < -0.3 is 9.84 Å². The number of carboxylic acids is 1. The summed E-state index contributed by atoms with van der Waals surface area (Å²) in [4.78, 5) is 20.7. The number of rotatable bonds is 3. The average Bonchev–Trinajstić information content (AvgIpc) is 1.98. The van der Waals surface area contributed by atoms with Crippen LogP contribution in [-0.2, 0) is 14.3 Å². The first-order chi connectivity index (χ1) is 5.07. The van der Waals surface area contributed by atoms with Gasteiger partial charge in [-0.3, -0.25) is 4.79 Å². The molecule has 11 heavy (non-hydrogen) atoms. The smallest absolute Gasteiger partial charge is 0.333 e. The monoisotopic (exact) mass is 158 g/mol. The molecule has 0 saturated carbocycles. The van der Waals surface area contributed by atoms with Gasteiger partial charge in [-0.25, -0.2) is 4.79 Å². The van der Waals surface area contributed by atoms with Gasteiger partial charge in [0.2, 0.25) is 0 Å². The molecular weight excluding hydrogens is 148 g/mol. The molecule has 0 amide bonds. The maximum atomic E-state index is 10.6. The fourth-order valence-electron chi connectivity index (χ4n) is 0.485. The second-order valence-corrected chi connectivity index (χ2v) is 1.98. The minimum absolute atomic E-state index is 0.152. The lowest BCUT2D eigenvalue weighted by Crippen LogP contribution is -2.02. The fraction of sp³-hybridized carbons (Fsp3) is 0.429. The van der Waals surface area contributed by atoms with Gasteiger partial charge in [0.15, 0.2) is 0 Å². The van der Waals surface area contributed by atoms with Gasteiger partial charge in [0.05, 0.1) is 13.5 Å². The van der Waals surface area contributed by atoms with Crippen molar-refractivity contribution in [3.63, 3.8) is 0 Å². The van der Waals surface area contributed by atoms with Crippen molar-refractivity contribution in [1.82, 2.24) is 0 Å². The largest absolute Gasteiger partial charge is 0.481 e. The lowest BCUT2D eigenvalue weighted by Gasteiger charge is -1.95. The Kier molecular flexibility index (Phi) is 3.95. The second kappa shape index (κ2) is 4.49. The van der Waals surface area contributed by atoms with Crippen LogP contribution >= 0.6 is 0 Å². The van der Waals surface area contributed by atoms with Crippen molar-refractivity contribution in [2.24, 2.45) is 0 Å². The number of aliphatic carboxylic acids is 1. The minimum atomic E-state index is -0.965. The summed E-state index contributed by atoms with van der Waals surface area (Å²) in [6.45, 7) is 1.51. The van der Waals surface area contributed by atoms with Crippen molar-refractivity contribution >= 4 is 11.9 Å². The zero-order chi connectivity index (χ0) is 8.85. The van der Waals surface area contributed by atoms with Crippen molar-refractivity contribution < 1.29 is 19.4 Å². The van der Waals surface area contributed by atoms with Gasteiger partial charge in [-0.2, -0.15) is 0 Å². The molecule has 0 heterocycles. The van der Waals surface area contributed by atoms with Crippen LogP contribution in [0.1, 0.15) is 13.3 Å². The summed E-state index contributed by atoms with van der Waals surface area (Å²) in [7, 11) is 1.25. The fourth-order valence-corrected chi connectivity index (χ4v) is 0.485. The molecule has 0 fully saturated rings. The molecule has 4 nitrogen and oxygen atoms in total. The normalized spacial score (nSPS) is 10.9. The van der Waals surface area contributed by atoms with Crippen LogP contribution in [0, 0.1) is 0 Å². The molecule has 0 rings (SSSR count). The molecule has 0 aromatic rings. The summed E-state index contributed by atoms with van der Waals surface area (Å²) in [5, 5.41) is 8.22. The molecule has 0 radical (unpaired) electrons. The van der Waals surface area contributed by atoms with Crippen LogP contribution in [0.5, 0.6) is 0 Å². The minimum Gasteiger partial charge on any atom is -0.481 e. The molecule has 0 spiro atoms. The number of carboxylic acid groups (broad SMARTS) is 1. The maximum absolute atomic E-state index is 10.6. The molecule has 0 aromatic carbocycles. The van der Waals surface area contributed by atoms with E-state index in [0.717, 1.165) is 0 Å². The van der Waals surface area contributed by atoms with Gasteiger partial charge >= 0.3 is 11.9 Å². The summed E-state index contributed by atoms with van der Waals surface area (Å²) < 4.78 is 4.34. The van der Waals surface area contributed by atoms with E-state index in [9.17, 15) is 9.59 Å². The van der Waals surface area contributed by atoms with Crippen molar-refractivity contribution in [3.05, 3.63) is 11.6 Å². The number of esters is 1. The Morgan fingerprint density at radius 2 is 2.09 bits per heavy atom. The van der Waals surface area contributed by atoms with Gasteiger partial charge in [-0.1, -0.05) is 6.08 Å². The first kappa shape index (κ1) is 9.68. The first-order valence-corrected chi connectivity index (χ1v) is 3.04. The SMILES string of the molecule is COC(=O)/C(C)=C/CC(=O)O. The molecule has 0 unspecified atom stereocenters. The van der Waals surface area contributed by atoms with Gasteiger partial charge in [-0.05, 0) is 6.92 Å². The highest BCUT2D eigenvalue weighted by molar-refractivity contribution is 5.88. The van der Waals surface area contributed by atoms with Crippen LogP contribution < -0.4 is 0 Å². The summed E-state index contributed by atoms with van der Waals surface area (Å²) in [5.41, 5.74) is 0.315. The standard InChI is InChI=1S/C7H10O4/c1-5(7(10)11-2)3-4-6(8)9/h3H,4H2,1-2H3,(H,8,9)/b5-3+. The van der Waals surface area contributed by atoms with Crippen LogP contribution in [0.25, 0.3) is 0 Å². The third-order valence-corrected chi connectivity index (χ3v) is 1.09. The number of methoxy groups -OCH3 is 1. The van der Waals surface area contributed by atoms with Crippen LogP contribution in [0.2, 0.25) is 0 Å². The molecule has 0 aliphatic heterocycles. The summed E-state index contributed by atoms with van der Waals surface area (Å²) in [5.74, 6) is -1.46. The van der Waals surface area contributed by atoms with E-state index in [2.05, 4.69) is 4.74 Å². The Labute approximate surface area is 64.5 Å². The van der Waals surface area contributed by atoms with Crippen LogP contribution in [-0.4, -0.2) is 24.2 Å². The highest BCUT2D eigenvalue weighted by atomic mass is 16.5. The summed E-state index contributed by atoms with van der Waals surface area (Å²) in [6, 6.07) is 0. The average molecular weight is 158 g/mol. The van der Waals surface area contributed by atoms with E-state index >= 15 is 0 Å². The second-order valence-electron chi connectivity index (χ2n) is 1.98. The Hall–Kier alpha value is -1.32. The Morgan fingerprint density at radius 1 is 1.55 bits per heavy atom. The zero-order valence-electron chi connectivity index (χ0n) is 6.46. The predicted molar refractivity (Wildman–Crippen MR) is 38.0 cm³/mol. The lowest BCUT2D eigenvalue weighted by atomic mass is 10.2. The van der Waals surface area contributed by atoms with E-state index in [4.69, 9.17) is 5.11 Å². The van der Waals surface area contributed by atoms with Crippen LogP contribution in [0.4, 0.5) is 0 Å². The van der Waals surface area contributed by atoms with E-state index in [0.29, 0.717) is 5.57 Å². The highest BCUT2D eigenvalue weighted by Crippen LogP contribution is 1.97. The van der Waals surface area contributed by atoms with Gasteiger partial charge in [-0.15, -0.1) is 0 Å². The molecule has 0 saturated heterocycles. The molecule has 1 N–H and O–H groups in total. The molecule has 0 aliphatic carbocycles. The number of carbonyl (C=O) groups excluding carboxylic acids is 1. The van der Waals surface area contributed by atoms with Crippen molar-refractivity contribution in [3.8, 4) is 0 Å². The number of hydrogen-bond acceptors (Lipinski definition) is 3. The summed E-state index contributed by atoms with van der Waals surface area (Å²) >= 11 is 0. The Bertz CT molecular complexity index is 193. The zero-order valence-corrected chi connectivity index (χ0v) is 6.46. The molecule has 62 valence electrons. The van der Waals surface area contributed by atoms with Crippen molar-refractivity contribution in [2.75, 3.05) is 7.11 Å². The van der Waals surface area contributed by atoms with Crippen molar-refractivity contribution in [1.29, 1.82) is 0 Å². The first-order valence-electron chi connectivity index (χ1n) is 3.04. The third-order valence-electron chi connectivity index (χ3n) is 1.09. The van der Waals surface area contributed by atoms with Gasteiger partial charge in [0, 0.05) is 5.57 Å². The Morgan fingerprint density at radius 3 is 2.45 bits per heavy atom. The van der Waals surface area contributed by atoms with Gasteiger partial charge in [0.25, 0.3) is 0 Å². The number of ether oxygens (including phenoxy) is 1. The molecule has 0 bridgehead atoms. The number of hydrogen-bond donors (Lipinski definition) is 1. The number of carbonyl (C=O) groups is 2. The van der Waals surface area contributed by atoms with Crippen LogP contribution in [0.3, 0.4) is 0 Å². The molecular formula is C7H10O4. The van der Waals surface area contributed by atoms with Crippen LogP contribution in [0.15, 0.2) is 11.6 Å².